The van der Waals surface area contributed by atoms with E-state index in [0.717, 1.165) is 5.69 Å². The Labute approximate surface area is 153 Å². The van der Waals surface area contributed by atoms with Crippen LogP contribution < -0.4 is 5.32 Å². The number of carbonyl (C=O) groups is 2. The SMILES string of the molecule is CC(C)c1cccc(NC(=O)CN2CCN(C(=O)c3ccoc3)CC2)c1. The number of amides is 2. The summed E-state index contributed by atoms with van der Waals surface area (Å²) in [4.78, 5) is 28.5. The van der Waals surface area contributed by atoms with Gasteiger partial charge in [-0.2, -0.15) is 0 Å². The Bertz CT molecular complexity index is 747. The molecule has 2 amide bonds. The average Bonchev–Trinajstić information content (AvgIpc) is 3.16. The minimum absolute atomic E-state index is 0.0200. The molecule has 3 rings (SSSR count). The Kier molecular flexibility index (Phi) is 5.73. The Morgan fingerprint density at radius 2 is 1.92 bits per heavy atom. The van der Waals surface area contributed by atoms with Crippen molar-refractivity contribution >= 4 is 17.5 Å². The lowest BCUT2D eigenvalue weighted by Crippen LogP contribution is -2.50. The van der Waals surface area contributed by atoms with E-state index >= 15 is 0 Å². The molecule has 26 heavy (non-hydrogen) atoms. The monoisotopic (exact) mass is 355 g/mol. The van der Waals surface area contributed by atoms with Gasteiger partial charge in [-0.25, -0.2) is 0 Å². The standard InChI is InChI=1S/C20H25N3O3/c1-15(2)16-4-3-5-18(12-16)21-19(24)13-22-7-9-23(10-8-22)20(25)17-6-11-26-14-17/h3-6,11-12,14-15H,7-10,13H2,1-2H3,(H,21,24). The van der Waals surface area contributed by atoms with Gasteiger partial charge in [0, 0.05) is 31.9 Å². The molecule has 1 fully saturated rings. The van der Waals surface area contributed by atoms with Gasteiger partial charge in [-0.15, -0.1) is 0 Å². The van der Waals surface area contributed by atoms with Crippen molar-refractivity contribution in [3.8, 4) is 0 Å². The maximum Gasteiger partial charge on any atom is 0.257 e. The van der Waals surface area contributed by atoms with Crippen molar-refractivity contribution in [1.82, 2.24) is 9.80 Å². The van der Waals surface area contributed by atoms with Crippen LogP contribution >= 0.6 is 0 Å². The highest BCUT2D eigenvalue weighted by Gasteiger charge is 2.23. The summed E-state index contributed by atoms with van der Waals surface area (Å²) in [7, 11) is 0. The number of anilines is 1. The summed E-state index contributed by atoms with van der Waals surface area (Å²) in [5, 5.41) is 2.97. The summed E-state index contributed by atoms with van der Waals surface area (Å²) in [5.74, 6) is 0.376. The molecule has 0 atom stereocenters. The van der Waals surface area contributed by atoms with Gasteiger partial charge in [-0.05, 0) is 29.7 Å². The number of nitrogens with one attached hydrogen (secondary N) is 1. The fraction of sp³-hybridized carbons (Fsp3) is 0.400. The highest BCUT2D eigenvalue weighted by molar-refractivity contribution is 5.94. The molecule has 2 heterocycles. The van der Waals surface area contributed by atoms with Crippen molar-refractivity contribution < 1.29 is 14.0 Å². The van der Waals surface area contributed by atoms with E-state index in [0.29, 0.717) is 44.2 Å². The fourth-order valence-electron chi connectivity index (χ4n) is 3.06. The second kappa shape index (κ2) is 8.19. The van der Waals surface area contributed by atoms with E-state index in [1.165, 1.54) is 18.1 Å². The third-order valence-corrected chi connectivity index (χ3v) is 4.63. The lowest BCUT2D eigenvalue weighted by molar-refractivity contribution is -0.117. The van der Waals surface area contributed by atoms with E-state index in [2.05, 4.69) is 30.1 Å². The molecule has 0 unspecified atom stereocenters. The summed E-state index contributed by atoms with van der Waals surface area (Å²) in [6.07, 6.45) is 2.97. The maximum atomic E-state index is 12.3. The molecular formula is C20H25N3O3. The second-order valence-corrected chi connectivity index (χ2v) is 6.91. The van der Waals surface area contributed by atoms with Gasteiger partial charge in [0.25, 0.3) is 5.91 Å². The van der Waals surface area contributed by atoms with Gasteiger partial charge < -0.3 is 14.6 Å². The van der Waals surface area contributed by atoms with Crippen molar-refractivity contribution in [1.29, 1.82) is 0 Å². The van der Waals surface area contributed by atoms with E-state index in [4.69, 9.17) is 4.42 Å². The molecule has 1 aliphatic heterocycles. The number of piperazine rings is 1. The molecule has 1 aromatic carbocycles. The number of furan rings is 1. The smallest absolute Gasteiger partial charge is 0.257 e. The average molecular weight is 355 g/mol. The van der Waals surface area contributed by atoms with Gasteiger partial charge in [-0.3, -0.25) is 14.5 Å². The molecule has 6 nitrogen and oxygen atoms in total. The Morgan fingerprint density at radius 1 is 1.15 bits per heavy atom. The predicted octanol–water partition coefficient (Wildman–Crippen LogP) is 2.80. The molecule has 2 aromatic rings. The van der Waals surface area contributed by atoms with Gasteiger partial charge in [0.1, 0.15) is 6.26 Å². The highest BCUT2D eigenvalue weighted by atomic mass is 16.3. The number of rotatable bonds is 5. The molecule has 1 saturated heterocycles. The van der Waals surface area contributed by atoms with Crippen LogP contribution in [0, 0.1) is 0 Å². The Morgan fingerprint density at radius 3 is 2.58 bits per heavy atom. The first-order chi connectivity index (χ1) is 12.5. The fourth-order valence-corrected chi connectivity index (χ4v) is 3.06. The van der Waals surface area contributed by atoms with Gasteiger partial charge in [0.2, 0.25) is 5.91 Å². The third-order valence-electron chi connectivity index (χ3n) is 4.63. The van der Waals surface area contributed by atoms with Crippen molar-refractivity contribution in [2.75, 3.05) is 38.0 Å². The molecule has 0 bridgehead atoms. The normalized spacial score (nSPS) is 15.3. The number of hydrogen-bond donors (Lipinski definition) is 1. The second-order valence-electron chi connectivity index (χ2n) is 6.91. The molecule has 0 saturated carbocycles. The van der Waals surface area contributed by atoms with Crippen LogP contribution in [0.25, 0.3) is 0 Å². The van der Waals surface area contributed by atoms with Gasteiger partial charge in [-0.1, -0.05) is 26.0 Å². The quantitative estimate of drug-likeness (QED) is 0.896. The first kappa shape index (κ1) is 18.2. The molecule has 138 valence electrons. The van der Waals surface area contributed by atoms with Crippen LogP contribution in [0.3, 0.4) is 0 Å². The van der Waals surface area contributed by atoms with E-state index in [-0.39, 0.29) is 11.8 Å². The van der Waals surface area contributed by atoms with Crippen molar-refractivity contribution in [2.45, 2.75) is 19.8 Å². The maximum absolute atomic E-state index is 12.3. The van der Waals surface area contributed by atoms with Crippen LogP contribution in [0.2, 0.25) is 0 Å². The molecule has 0 spiro atoms. The molecule has 1 N–H and O–H groups in total. The van der Waals surface area contributed by atoms with Gasteiger partial charge >= 0.3 is 0 Å². The van der Waals surface area contributed by atoms with E-state index in [9.17, 15) is 9.59 Å². The first-order valence-electron chi connectivity index (χ1n) is 8.96. The van der Waals surface area contributed by atoms with Crippen molar-refractivity contribution in [3.05, 3.63) is 54.0 Å². The summed E-state index contributed by atoms with van der Waals surface area (Å²) in [6, 6.07) is 9.63. The van der Waals surface area contributed by atoms with E-state index in [1.807, 2.05) is 18.2 Å². The number of benzene rings is 1. The van der Waals surface area contributed by atoms with Gasteiger partial charge in [0.15, 0.2) is 0 Å². The van der Waals surface area contributed by atoms with Crippen molar-refractivity contribution in [2.24, 2.45) is 0 Å². The zero-order chi connectivity index (χ0) is 18.5. The van der Waals surface area contributed by atoms with Crippen LogP contribution in [0.5, 0.6) is 0 Å². The Balaban J connectivity index is 1.47. The largest absolute Gasteiger partial charge is 0.472 e. The minimum atomic E-state index is -0.0273. The Hall–Kier alpha value is -2.60. The van der Waals surface area contributed by atoms with Gasteiger partial charge in [0.05, 0.1) is 18.4 Å². The van der Waals surface area contributed by atoms with E-state index < -0.39 is 0 Å². The molecule has 0 radical (unpaired) electrons. The van der Waals surface area contributed by atoms with Crippen LogP contribution in [0.1, 0.15) is 35.7 Å². The number of hydrogen-bond acceptors (Lipinski definition) is 4. The summed E-state index contributed by atoms with van der Waals surface area (Å²) < 4.78 is 4.97. The highest BCUT2D eigenvalue weighted by Crippen LogP contribution is 2.18. The minimum Gasteiger partial charge on any atom is -0.472 e. The van der Waals surface area contributed by atoms with Crippen LogP contribution in [-0.4, -0.2) is 54.3 Å². The molecule has 1 aliphatic rings. The topological polar surface area (TPSA) is 65.8 Å². The summed E-state index contributed by atoms with van der Waals surface area (Å²) in [5.41, 5.74) is 2.60. The number of carbonyl (C=O) groups excluding carboxylic acids is 2. The van der Waals surface area contributed by atoms with Crippen LogP contribution in [-0.2, 0) is 4.79 Å². The lowest BCUT2D eigenvalue weighted by atomic mass is 10.0. The molecule has 6 heteroatoms. The molecular weight excluding hydrogens is 330 g/mol. The molecule has 1 aromatic heterocycles. The lowest BCUT2D eigenvalue weighted by Gasteiger charge is -2.34. The zero-order valence-electron chi connectivity index (χ0n) is 15.3. The predicted molar refractivity (Wildman–Crippen MR) is 100 cm³/mol. The summed E-state index contributed by atoms with van der Waals surface area (Å²) in [6.45, 7) is 7.18. The van der Waals surface area contributed by atoms with Crippen LogP contribution in [0.15, 0.2) is 47.3 Å². The van der Waals surface area contributed by atoms with Crippen molar-refractivity contribution in [3.63, 3.8) is 0 Å². The summed E-state index contributed by atoms with van der Waals surface area (Å²) >= 11 is 0. The third kappa shape index (κ3) is 4.52. The zero-order valence-corrected chi connectivity index (χ0v) is 15.3. The number of nitrogens with zero attached hydrogens (tertiary/aromatic N) is 2. The van der Waals surface area contributed by atoms with Crippen LogP contribution in [0.4, 0.5) is 5.69 Å². The molecule has 0 aliphatic carbocycles. The first-order valence-corrected chi connectivity index (χ1v) is 8.96. The van der Waals surface area contributed by atoms with E-state index in [1.54, 1.807) is 11.0 Å².